The van der Waals surface area contributed by atoms with Crippen molar-refractivity contribution in [3.05, 3.63) is 0 Å². The number of nitrogens with two attached hydrogens (primary N) is 1. The SMILES string of the molecule is CC1(C(CC2CCC2)NN)CCCC1. The zero-order chi connectivity index (χ0) is 10.0. The second-order valence-corrected chi connectivity index (χ2v) is 5.61. The third-order valence-corrected chi connectivity index (χ3v) is 4.58. The third-order valence-electron chi connectivity index (χ3n) is 4.58. The molecule has 0 bridgehead atoms. The van der Waals surface area contributed by atoms with E-state index in [2.05, 4.69) is 12.3 Å². The van der Waals surface area contributed by atoms with Gasteiger partial charge in [0.25, 0.3) is 0 Å². The Hall–Kier alpha value is -0.0800. The molecule has 0 aromatic carbocycles. The molecule has 0 aromatic heterocycles. The van der Waals surface area contributed by atoms with Crippen LogP contribution in [0, 0.1) is 11.3 Å². The highest BCUT2D eigenvalue weighted by atomic mass is 15.2. The van der Waals surface area contributed by atoms with Crippen LogP contribution in [0.1, 0.15) is 58.3 Å². The fourth-order valence-electron chi connectivity index (χ4n) is 3.15. The number of nitrogens with one attached hydrogen (secondary N) is 1. The average molecular weight is 196 g/mol. The summed E-state index contributed by atoms with van der Waals surface area (Å²) >= 11 is 0. The smallest absolute Gasteiger partial charge is 0.0266 e. The molecule has 0 aromatic rings. The minimum atomic E-state index is 0.490. The lowest BCUT2D eigenvalue weighted by atomic mass is 9.72. The Morgan fingerprint density at radius 3 is 2.36 bits per heavy atom. The first-order valence-electron chi connectivity index (χ1n) is 6.21. The first-order valence-corrected chi connectivity index (χ1v) is 6.21. The lowest BCUT2D eigenvalue weighted by Gasteiger charge is -2.38. The van der Waals surface area contributed by atoms with Gasteiger partial charge in [-0.1, -0.05) is 39.0 Å². The van der Waals surface area contributed by atoms with E-state index in [1.165, 1.54) is 51.4 Å². The van der Waals surface area contributed by atoms with E-state index in [9.17, 15) is 0 Å². The molecule has 2 aliphatic carbocycles. The van der Waals surface area contributed by atoms with Crippen molar-refractivity contribution in [3.8, 4) is 0 Å². The molecule has 0 aliphatic heterocycles. The molecule has 0 spiro atoms. The summed E-state index contributed by atoms with van der Waals surface area (Å²) in [6.45, 7) is 2.42. The summed E-state index contributed by atoms with van der Waals surface area (Å²) in [5, 5.41) is 0. The Bertz CT molecular complexity index is 181. The molecule has 0 saturated heterocycles. The predicted molar refractivity (Wildman–Crippen MR) is 59.6 cm³/mol. The van der Waals surface area contributed by atoms with E-state index < -0.39 is 0 Å². The highest BCUT2D eigenvalue weighted by Crippen LogP contribution is 2.44. The predicted octanol–water partition coefficient (Wildman–Crippen LogP) is 2.59. The van der Waals surface area contributed by atoms with Crippen molar-refractivity contribution in [1.82, 2.24) is 5.43 Å². The van der Waals surface area contributed by atoms with E-state index in [4.69, 9.17) is 5.84 Å². The van der Waals surface area contributed by atoms with E-state index >= 15 is 0 Å². The molecule has 0 radical (unpaired) electrons. The second-order valence-electron chi connectivity index (χ2n) is 5.61. The first-order chi connectivity index (χ1) is 6.74. The third kappa shape index (κ3) is 1.96. The van der Waals surface area contributed by atoms with E-state index in [0.717, 1.165) is 5.92 Å². The van der Waals surface area contributed by atoms with Crippen molar-refractivity contribution in [3.63, 3.8) is 0 Å². The van der Waals surface area contributed by atoms with Gasteiger partial charge in [0.1, 0.15) is 0 Å². The molecule has 2 aliphatic rings. The van der Waals surface area contributed by atoms with Gasteiger partial charge in [-0.05, 0) is 30.6 Å². The van der Waals surface area contributed by atoms with Crippen LogP contribution in [-0.2, 0) is 0 Å². The van der Waals surface area contributed by atoms with Crippen molar-refractivity contribution >= 4 is 0 Å². The van der Waals surface area contributed by atoms with Gasteiger partial charge in [-0.25, -0.2) is 0 Å². The molecule has 2 rings (SSSR count). The summed E-state index contributed by atoms with van der Waals surface area (Å²) in [7, 11) is 0. The summed E-state index contributed by atoms with van der Waals surface area (Å²) < 4.78 is 0. The van der Waals surface area contributed by atoms with E-state index in [1.54, 1.807) is 0 Å². The van der Waals surface area contributed by atoms with Gasteiger partial charge in [0.15, 0.2) is 0 Å². The first kappa shape index (κ1) is 10.4. The molecule has 0 amide bonds. The zero-order valence-corrected chi connectivity index (χ0v) is 9.39. The Labute approximate surface area is 87.6 Å². The fourth-order valence-corrected chi connectivity index (χ4v) is 3.15. The van der Waals surface area contributed by atoms with E-state index in [0.29, 0.717) is 11.5 Å². The largest absolute Gasteiger partial charge is 0.271 e. The number of hydrogen-bond donors (Lipinski definition) is 2. The lowest BCUT2D eigenvalue weighted by molar-refractivity contribution is 0.158. The highest BCUT2D eigenvalue weighted by Gasteiger charge is 2.38. The molecular weight excluding hydrogens is 172 g/mol. The summed E-state index contributed by atoms with van der Waals surface area (Å²) in [5.74, 6) is 6.68. The number of rotatable bonds is 4. The van der Waals surface area contributed by atoms with Gasteiger partial charge in [0, 0.05) is 6.04 Å². The topological polar surface area (TPSA) is 38.0 Å². The van der Waals surface area contributed by atoms with Crippen molar-refractivity contribution in [1.29, 1.82) is 0 Å². The molecule has 0 heterocycles. The minimum absolute atomic E-state index is 0.490. The molecule has 1 atom stereocenters. The molecule has 2 saturated carbocycles. The Kier molecular flexibility index (Phi) is 3.13. The molecular formula is C12H24N2. The standard InChI is InChI=1S/C12H24N2/c1-12(7-2-3-8-12)11(14-13)9-10-5-4-6-10/h10-11,14H,2-9,13H2,1H3. The molecule has 2 fully saturated rings. The zero-order valence-electron chi connectivity index (χ0n) is 9.39. The average Bonchev–Trinajstić information content (AvgIpc) is 2.51. The van der Waals surface area contributed by atoms with Crippen LogP contribution < -0.4 is 11.3 Å². The van der Waals surface area contributed by atoms with Crippen molar-refractivity contribution < 1.29 is 0 Å². The van der Waals surface area contributed by atoms with Crippen molar-refractivity contribution in [2.75, 3.05) is 0 Å². The maximum Gasteiger partial charge on any atom is 0.0266 e. The fraction of sp³-hybridized carbons (Fsp3) is 1.00. The lowest BCUT2D eigenvalue weighted by Crippen LogP contribution is -2.47. The summed E-state index contributed by atoms with van der Waals surface area (Å²) in [5.41, 5.74) is 3.57. The van der Waals surface area contributed by atoms with Gasteiger partial charge < -0.3 is 0 Å². The Balaban J connectivity index is 1.89. The molecule has 3 N–H and O–H groups in total. The van der Waals surface area contributed by atoms with Crippen LogP contribution in [0.25, 0.3) is 0 Å². The maximum atomic E-state index is 5.71. The minimum Gasteiger partial charge on any atom is -0.271 e. The van der Waals surface area contributed by atoms with Crippen molar-refractivity contribution in [2.45, 2.75) is 64.3 Å². The molecule has 2 nitrogen and oxygen atoms in total. The van der Waals surface area contributed by atoms with Gasteiger partial charge in [-0.3, -0.25) is 11.3 Å². The van der Waals surface area contributed by atoms with Crippen LogP contribution in [0.5, 0.6) is 0 Å². The van der Waals surface area contributed by atoms with Crippen LogP contribution in [0.3, 0.4) is 0 Å². The molecule has 14 heavy (non-hydrogen) atoms. The number of hydrogen-bond acceptors (Lipinski definition) is 2. The molecule has 82 valence electrons. The summed E-state index contributed by atoms with van der Waals surface area (Å²) in [6, 6.07) is 0.565. The van der Waals surface area contributed by atoms with Crippen LogP contribution in [-0.4, -0.2) is 6.04 Å². The van der Waals surface area contributed by atoms with Gasteiger partial charge >= 0.3 is 0 Å². The monoisotopic (exact) mass is 196 g/mol. The quantitative estimate of drug-likeness (QED) is 0.536. The molecule has 2 heteroatoms. The van der Waals surface area contributed by atoms with E-state index in [1.807, 2.05) is 0 Å². The summed E-state index contributed by atoms with van der Waals surface area (Å²) in [4.78, 5) is 0. The Morgan fingerprint density at radius 1 is 1.29 bits per heavy atom. The highest BCUT2D eigenvalue weighted by molar-refractivity contribution is 4.92. The Morgan fingerprint density at radius 2 is 1.93 bits per heavy atom. The van der Waals surface area contributed by atoms with Gasteiger partial charge in [-0.15, -0.1) is 0 Å². The van der Waals surface area contributed by atoms with Gasteiger partial charge in [-0.2, -0.15) is 0 Å². The number of hydrazine groups is 1. The van der Waals surface area contributed by atoms with E-state index in [-0.39, 0.29) is 0 Å². The second kappa shape index (κ2) is 4.19. The van der Waals surface area contributed by atoms with Crippen LogP contribution in [0.4, 0.5) is 0 Å². The van der Waals surface area contributed by atoms with Gasteiger partial charge in [0.2, 0.25) is 0 Å². The van der Waals surface area contributed by atoms with Crippen LogP contribution in [0.15, 0.2) is 0 Å². The maximum absolute atomic E-state index is 5.71. The van der Waals surface area contributed by atoms with Gasteiger partial charge in [0.05, 0.1) is 0 Å². The van der Waals surface area contributed by atoms with Crippen molar-refractivity contribution in [2.24, 2.45) is 17.2 Å². The van der Waals surface area contributed by atoms with Crippen LogP contribution in [0.2, 0.25) is 0 Å². The van der Waals surface area contributed by atoms with Crippen LogP contribution >= 0.6 is 0 Å². The summed E-state index contributed by atoms with van der Waals surface area (Å²) in [6.07, 6.45) is 11.2. The normalized spacial score (nSPS) is 28.7. The molecule has 1 unspecified atom stereocenters.